The molecule has 4 nitrogen and oxygen atoms in total. The minimum atomic E-state index is -0.242. The Morgan fingerprint density at radius 3 is 2.94 bits per heavy atom. The van der Waals surface area contributed by atoms with E-state index in [1.54, 1.807) is 7.11 Å². The number of rotatable bonds is 3. The van der Waals surface area contributed by atoms with Crippen molar-refractivity contribution < 1.29 is 9.47 Å². The van der Waals surface area contributed by atoms with E-state index in [1.807, 2.05) is 18.2 Å². The van der Waals surface area contributed by atoms with Crippen LogP contribution in [0.1, 0.15) is 17.5 Å². The molecule has 1 aromatic rings. The van der Waals surface area contributed by atoms with Crippen molar-refractivity contribution in [2.75, 3.05) is 26.9 Å². The maximum absolute atomic E-state index is 8.24. The third kappa shape index (κ3) is 1.82. The topological polar surface area (TPSA) is 45.5 Å². The number of hydrogen-bond donors (Lipinski definition) is 1. The van der Waals surface area contributed by atoms with Crippen molar-refractivity contribution in [3.05, 3.63) is 35.4 Å². The van der Waals surface area contributed by atoms with E-state index in [2.05, 4.69) is 11.0 Å². The predicted octanol–water partition coefficient (Wildman–Crippen LogP) is 1.63. The number of methoxy groups -OCH3 is 1. The Morgan fingerprint density at radius 1 is 1.44 bits per heavy atom. The Labute approximate surface area is 107 Å². The molecule has 18 heavy (non-hydrogen) atoms. The normalized spacial score (nSPS) is 26.7. The van der Waals surface area contributed by atoms with Crippen LogP contribution in [0.25, 0.3) is 0 Å². The number of nitrogens with one attached hydrogen (secondary N) is 1. The molecule has 0 aliphatic carbocycles. The fourth-order valence-corrected chi connectivity index (χ4v) is 2.77. The second kappa shape index (κ2) is 4.37. The van der Waals surface area contributed by atoms with Crippen molar-refractivity contribution >= 4 is 5.84 Å². The van der Waals surface area contributed by atoms with Gasteiger partial charge in [-0.2, -0.15) is 0 Å². The lowest BCUT2D eigenvalue weighted by atomic mass is 10.0. The van der Waals surface area contributed by atoms with Crippen molar-refractivity contribution in [2.45, 2.75) is 18.6 Å². The summed E-state index contributed by atoms with van der Waals surface area (Å²) in [7, 11) is 1.74. The number of nitrogens with zero attached hydrogens (tertiary/aromatic N) is 1. The minimum absolute atomic E-state index is 0.242. The van der Waals surface area contributed by atoms with E-state index in [9.17, 15) is 0 Å². The summed E-state index contributed by atoms with van der Waals surface area (Å²) >= 11 is 0. The highest BCUT2D eigenvalue weighted by Gasteiger charge is 2.39. The first-order valence-corrected chi connectivity index (χ1v) is 6.29. The maximum atomic E-state index is 8.24. The van der Waals surface area contributed by atoms with Crippen molar-refractivity contribution in [3.63, 3.8) is 0 Å². The molecular formula is C14H18N2O2. The Balaban J connectivity index is 1.78. The number of fused-ring (bicyclic) bond motifs is 1. The van der Waals surface area contributed by atoms with Crippen LogP contribution in [0.4, 0.5) is 0 Å². The van der Waals surface area contributed by atoms with Gasteiger partial charge in [-0.15, -0.1) is 0 Å². The van der Waals surface area contributed by atoms with Crippen molar-refractivity contribution in [3.8, 4) is 0 Å². The van der Waals surface area contributed by atoms with Gasteiger partial charge in [-0.3, -0.25) is 5.41 Å². The quantitative estimate of drug-likeness (QED) is 0.881. The molecule has 0 aromatic heterocycles. The fraction of sp³-hybridized carbons (Fsp3) is 0.500. The molecule has 1 saturated heterocycles. The second-order valence-corrected chi connectivity index (χ2v) is 5.05. The minimum Gasteiger partial charge on any atom is -0.378 e. The number of amidine groups is 1. The van der Waals surface area contributed by atoms with E-state index in [0.717, 1.165) is 31.7 Å². The molecule has 4 heteroatoms. The number of ether oxygens (including phenoxy) is 2. The molecule has 1 N–H and O–H groups in total. The third-order valence-corrected chi connectivity index (χ3v) is 3.93. The van der Waals surface area contributed by atoms with Crippen molar-refractivity contribution in [1.82, 2.24) is 4.90 Å². The summed E-state index contributed by atoms with van der Waals surface area (Å²) in [5, 5.41) is 8.24. The highest BCUT2D eigenvalue weighted by molar-refractivity contribution is 6.00. The lowest BCUT2D eigenvalue weighted by Crippen LogP contribution is -2.45. The first-order valence-electron chi connectivity index (χ1n) is 6.29. The first-order chi connectivity index (χ1) is 8.74. The molecule has 1 atom stereocenters. The number of benzene rings is 1. The van der Waals surface area contributed by atoms with Crippen LogP contribution in [0.3, 0.4) is 0 Å². The van der Waals surface area contributed by atoms with E-state index in [0.29, 0.717) is 12.4 Å². The highest BCUT2D eigenvalue weighted by atomic mass is 16.5. The lowest BCUT2D eigenvalue weighted by molar-refractivity contribution is -0.0303. The van der Waals surface area contributed by atoms with Crippen LogP contribution in [-0.2, 0) is 16.0 Å². The molecule has 96 valence electrons. The van der Waals surface area contributed by atoms with Gasteiger partial charge >= 0.3 is 0 Å². The molecule has 0 amide bonds. The largest absolute Gasteiger partial charge is 0.378 e. The maximum Gasteiger partial charge on any atom is 0.128 e. The van der Waals surface area contributed by atoms with Gasteiger partial charge in [0.05, 0.1) is 13.2 Å². The summed E-state index contributed by atoms with van der Waals surface area (Å²) < 4.78 is 11.1. The van der Waals surface area contributed by atoms with E-state index < -0.39 is 0 Å². The standard InChI is InChI=1S/C14H18N2O2/c1-17-14(6-7-18-10-14)9-16-8-11-4-2-3-5-12(11)13(16)15/h2-5,15H,6-10H2,1H3. The van der Waals surface area contributed by atoms with E-state index >= 15 is 0 Å². The molecule has 2 aliphatic heterocycles. The zero-order valence-corrected chi connectivity index (χ0v) is 10.6. The van der Waals surface area contributed by atoms with Gasteiger partial charge < -0.3 is 14.4 Å². The Kier molecular flexibility index (Phi) is 2.84. The Hall–Kier alpha value is -1.39. The van der Waals surface area contributed by atoms with Gasteiger partial charge in [0, 0.05) is 32.2 Å². The zero-order chi connectivity index (χ0) is 12.6. The summed E-state index contributed by atoms with van der Waals surface area (Å²) in [6, 6.07) is 8.12. The second-order valence-electron chi connectivity index (χ2n) is 5.05. The molecule has 0 bridgehead atoms. The van der Waals surface area contributed by atoms with Crippen LogP contribution >= 0.6 is 0 Å². The van der Waals surface area contributed by atoms with Gasteiger partial charge in [0.1, 0.15) is 11.4 Å². The molecule has 1 unspecified atom stereocenters. The molecule has 0 saturated carbocycles. The van der Waals surface area contributed by atoms with Crippen molar-refractivity contribution in [1.29, 1.82) is 5.41 Å². The van der Waals surface area contributed by atoms with Gasteiger partial charge in [-0.05, 0) is 5.56 Å². The van der Waals surface area contributed by atoms with E-state index in [4.69, 9.17) is 14.9 Å². The molecule has 2 heterocycles. The zero-order valence-electron chi connectivity index (χ0n) is 10.6. The van der Waals surface area contributed by atoms with Gasteiger partial charge in [-0.1, -0.05) is 24.3 Å². The molecule has 0 spiro atoms. The van der Waals surface area contributed by atoms with Crippen LogP contribution in [-0.4, -0.2) is 43.2 Å². The summed E-state index contributed by atoms with van der Waals surface area (Å²) in [5.74, 6) is 0.605. The summed E-state index contributed by atoms with van der Waals surface area (Å²) in [4.78, 5) is 2.09. The highest BCUT2D eigenvalue weighted by Crippen LogP contribution is 2.29. The van der Waals surface area contributed by atoms with Crippen LogP contribution in [0.15, 0.2) is 24.3 Å². The van der Waals surface area contributed by atoms with E-state index in [-0.39, 0.29) is 5.60 Å². The summed E-state index contributed by atoms with van der Waals surface area (Å²) in [6.07, 6.45) is 0.906. The van der Waals surface area contributed by atoms with Crippen molar-refractivity contribution in [2.24, 2.45) is 0 Å². The number of hydrogen-bond acceptors (Lipinski definition) is 3. The molecule has 1 fully saturated rings. The van der Waals surface area contributed by atoms with Crippen LogP contribution in [0, 0.1) is 5.41 Å². The average Bonchev–Trinajstić information content (AvgIpc) is 2.98. The monoisotopic (exact) mass is 246 g/mol. The van der Waals surface area contributed by atoms with E-state index in [1.165, 1.54) is 5.56 Å². The average molecular weight is 246 g/mol. The summed E-state index contributed by atoms with van der Waals surface area (Å²) in [5.41, 5.74) is 2.03. The first kappa shape index (κ1) is 11.7. The van der Waals surface area contributed by atoms with Gasteiger partial charge in [0.15, 0.2) is 0 Å². The van der Waals surface area contributed by atoms with Crippen LogP contribution < -0.4 is 0 Å². The Morgan fingerprint density at radius 2 is 2.28 bits per heavy atom. The van der Waals surface area contributed by atoms with Gasteiger partial charge in [-0.25, -0.2) is 0 Å². The smallest absolute Gasteiger partial charge is 0.128 e. The molecule has 3 rings (SSSR count). The van der Waals surface area contributed by atoms with Gasteiger partial charge in [0.2, 0.25) is 0 Å². The molecule has 1 aromatic carbocycles. The van der Waals surface area contributed by atoms with Gasteiger partial charge in [0.25, 0.3) is 0 Å². The van der Waals surface area contributed by atoms with Crippen LogP contribution in [0.2, 0.25) is 0 Å². The SMILES string of the molecule is COC1(CN2Cc3ccccc3C2=N)CCOC1. The lowest BCUT2D eigenvalue weighted by Gasteiger charge is -2.31. The fourth-order valence-electron chi connectivity index (χ4n) is 2.77. The molecular weight excluding hydrogens is 228 g/mol. The summed E-state index contributed by atoms with van der Waals surface area (Å²) in [6.45, 7) is 2.92. The molecule has 0 radical (unpaired) electrons. The predicted molar refractivity (Wildman–Crippen MR) is 68.9 cm³/mol. The van der Waals surface area contributed by atoms with Crippen LogP contribution in [0.5, 0.6) is 0 Å². The Bertz CT molecular complexity index is 467. The molecule has 2 aliphatic rings. The third-order valence-electron chi connectivity index (χ3n) is 3.93.